The quantitative estimate of drug-likeness (QED) is 0.895. The third-order valence-electron chi connectivity index (χ3n) is 3.03. The average molecular weight is 289 g/mol. The van der Waals surface area contributed by atoms with Crippen LogP contribution in [-0.2, 0) is 4.79 Å². The van der Waals surface area contributed by atoms with Crippen LogP contribution in [0.25, 0.3) is 0 Å². The van der Waals surface area contributed by atoms with E-state index >= 15 is 0 Å². The van der Waals surface area contributed by atoms with Gasteiger partial charge in [-0.1, -0.05) is 23.7 Å². The molecule has 3 nitrogen and oxygen atoms in total. The zero-order chi connectivity index (χ0) is 12.4. The first-order valence-corrected chi connectivity index (χ1v) is 6.27. The van der Waals surface area contributed by atoms with Crippen LogP contribution in [0.2, 0.25) is 5.02 Å². The van der Waals surface area contributed by atoms with Crippen LogP contribution >= 0.6 is 24.0 Å². The molecule has 0 saturated heterocycles. The Kier molecular flexibility index (Phi) is 5.45. The summed E-state index contributed by atoms with van der Waals surface area (Å²) in [5.41, 5.74) is 6.68. The Morgan fingerprint density at radius 2 is 1.94 bits per heavy atom. The number of hydrogen-bond acceptors (Lipinski definition) is 2. The van der Waals surface area contributed by atoms with Gasteiger partial charge in [-0.3, -0.25) is 4.79 Å². The maximum absolute atomic E-state index is 11.7. The van der Waals surface area contributed by atoms with Gasteiger partial charge in [0.2, 0.25) is 5.91 Å². The molecule has 1 amide bonds. The first-order valence-electron chi connectivity index (χ1n) is 5.89. The first kappa shape index (κ1) is 15.3. The molecule has 1 saturated carbocycles. The van der Waals surface area contributed by atoms with Gasteiger partial charge in [-0.15, -0.1) is 12.4 Å². The van der Waals surface area contributed by atoms with Crippen molar-refractivity contribution in [2.45, 2.75) is 31.8 Å². The maximum Gasteiger partial charge on any atom is 0.237 e. The molecule has 100 valence electrons. The standard InChI is InChI=1S/C13H17ClN2O.ClH/c1-8(15)13(17)16-12(9-2-3-9)10-4-6-11(14)7-5-10;/h4-9,12H,2-3,15H2,1H3,(H,16,17);1H. The smallest absolute Gasteiger partial charge is 0.237 e. The zero-order valence-corrected chi connectivity index (χ0v) is 11.8. The molecule has 0 bridgehead atoms. The molecule has 18 heavy (non-hydrogen) atoms. The fraction of sp³-hybridized carbons (Fsp3) is 0.462. The van der Waals surface area contributed by atoms with E-state index in [1.165, 1.54) is 0 Å². The minimum atomic E-state index is -0.469. The van der Waals surface area contributed by atoms with Gasteiger partial charge in [0.1, 0.15) is 0 Å². The summed E-state index contributed by atoms with van der Waals surface area (Å²) in [6.07, 6.45) is 2.32. The van der Waals surface area contributed by atoms with Crippen LogP contribution in [-0.4, -0.2) is 11.9 Å². The number of rotatable bonds is 4. The van der Waals surface area contributed by atoms with E-state index in [9.17, 15) is 4.79 Å². The summed E-state index contributed by atoms with van der Waals surface area (Å²) in [5, 5.41) is 3.72. The molecule has 1 aromatic rings. The van der Waals surface area contributed by atoms with Crippen molar-refractivity contribution < 1.29 is 4.79 Å². The maximum atomic E-state index is 11.7. The van der Waals surface area contributed by atoms with Crippen LogP contribution in [0.4, 0.5) is 0 Å². The lowest BCUT2D eigenvalue weighted by atomic mass is 10.0. The lowest BCUT2D eigenvalue weighted by Gasteiger charge is -2.20. The third-order valence-corrected chi connectivity index (χ3v) is 3.29. The van der Waals surface area contributed by atoms with Crippen molar-refractivity contribution in [1.82, 2.24) is 5.32 Å². The van der Waals surface area contributed by atoms with Crippen molar-refractivity contribution in [2.24, 2.45) is 11.7 Å². The average Bonchev–Trinajstić information content (AvgIpc) is 3.10. The van der Waals surface area contributed by atoms with Crippen LogP contribution in [0, 0.1) is 5.92 Å². The lowest BCUT2D eigenvalue weighted by molar-refractivity contribution is -0.122. The second kappa shape index (κ2) is 6.41. The number of carbonyl (C=O) groups excluding carboxylic acids is 1. The number of amides is 1. The van der Waals surface area contributed by atoms with Gasteiger partial charge in [0.05, 0.1) is 12.1 Å². The summed E-state index contributed by atoms with van der Waals surface area (Å²) in [6.45, 7) is 1.70. The molecule has 0 aliphatic heterocycles. The van der Waals surface area contributed by atoms with Gasteiger partial charge >= 0.3 is 0 Å². The van der Waals surface area contributed by atoms with Gasteiger partial charge in [0, 0.05) is 5.02 Å². The van der Waals surface area contributed by atoms with Crippen LogP contribution < -0.4 is 11.1 Å². The van der Waals surface area contributed by atoms with E-state index in [0.29, 0.717) is 10.9 Å². The molecule has 2 unspecified atom stereocenters. The Morgan fingerprint density at radius 1 is 1.39 bits per heavy atom. The second-order valence-electron chi connectivity index (χ2n) is 4.66. The topological polar surface area (TPSA) is 55.1 Å². The van der Waals surface area contributed by atoms with E-state index in [1.807, 2.05) is 24.3 Å². The van der Waals surface area contributed by atoms with Crippen molar-refractivity contribution in [3.8, 4) is 0 Å². The summed E-state index contributed by atoms with van der Waals surface area (Å²) < 4.78 is 0. The SMILES string of the molecule is CC(N)C(=O)NC(c1ccc(Cl)cc1)C1CC1.Cl. The molecule has 3 N–H and O–H groups in total. The number of carbonyl (C=O) groups is 1. The Labute approximate surface area is 118 Å². The normalized spacial score (nSPS) is 17.5. The van der Waals surface area contributed by atoms with Gasteiger partial charge in [-0.05, 0) is 43.4 Å². The molecular weight excluding hydrogens is 271 g/mol. The van der Waals surface area contributed by atoms with Crippen molar-refractivity contribution in [2.75, 3.05) is 0 Å². The number of hydrogen-bond donors (Lipinski definition) is 2. The fourth-order valence-corrected chi connectivity index (χ4v) is 1.98. The van der Waals surface area contributed by atoms with Gasteiger partial charge in [-0.25, -0.2) is 0 Å². The number of nitrogens with two attached hydrogens (primary N) is 1. The number of nitrogens with one attached hydrogen (secondary N) is 1. The minimum absolute atomic E-state index is 0. The molecule has 0 spiro atoms. The van der Waals surface area contributed by atoms with Gasteiger partial charge in [0.25, 0.3) is 0 Å². The van der Waals surface area contributed by atoms with Crippen LogP contribution in [0.5, 0.6) is 0 Å². The van der Waals surface area contributed by atoms with Crippen molar-refractivity contribution >= 4 is 29.9 Å². The summed E-state index contributed by atoms with van der Waals surface area (Å²) >= 11 is 5.86. The number of halogens is 2. The Morgan fingerprint density at radius 3 is 2.39 bits per heavy atom. The van der Waals surface area contributed by atoms with Crippen LogP contribution in [0.15, 0.2) is 24.3 Å². The minimum Gasteiger partial charge on any atom is -0.348 e. The highest BCUT2D eigenvalue weighted by molar-refractivity contribution is 6.30. The van der Waals surface area contributed by atoms with E-state index in [1.54, 1.807) is 6.92 Å². The first-order chi connectivity index (χ1) is 8.08. The van der Waals surface area contributed by atoms with Gasteiger partial charge in [0.15, 0.2) is 0 Å². The predicted octanol–water partition coefficient (Wildman–Crippen LogP) is 2.68. The van der Waals surface area contributed by atoms with E-state index in [4.69, 9.17) is 17.3 Å². The summed E-state index contributed by atoms with van der Waals surface area (Å²) in [6, 6.07) is 7.24. The molecule has 1 aromatic carbocycles. The van der Waals surface area contributed by atoms with Crippen molar-refractivity contribution in [3.63, 3.8) is 0 Å². The van der Waals surface area contributed by atoms with E-state index in [2.05, 4.69) is 5.32 Å². The van der Waals surface area contributed by atoms with E-state index < -0.39 is 6.04 Å². The fourth-order valence-electron chi connectivity index (χ4n) is 1.86. The highest BCUT2D eigenvalue weighted by atomic mass is 35.5. The summed E-state index contributed by atoms with van der Waals surface area (Å²) in [7, 11) is 0. The Bertz CT molecular complexity index is 402. The molecule has 5 heteroatoms. The Balaban J connectivity index is 0.00000162. The molecular formula is C13H18Cl2N2O. The van der Waals surface area contributed by atoms with Gasteiger partial charge in [-0.2, -0.15) is 0 Å². The molecule has 0 aromatic heterocycles. The summed E-state index contributed by atoms with van der Waals surface area (Å²) in [5.74, 6) is 0.440. The zero-order valence-electron chi connectivity index (χ0n) is 10.2. The van der Waals surface area contributed by atoms with Crippen LogP contribution in [0.1, 0.15) is 31.4 Å². The molecule has 2 rings (SSSR count). The summed E-state index contributed by atoms with van der Waals surface area (Å²) in [4.78, 5) is 11.7. The van der Waals surface area contributed by atoms with Crippen LogP contribution in [0.3, 0.4) is 0 Å². The molecule has 1 aliphatic rings. The second-order valence-corrected chi connectivity index (χ2v) is 5.10. The molecule has 0 radical (unpaired) electrons. The van der Waals surface area contributed by atoms with Crippen molar-refractivity contribution in [3.05, 3.63) is 34.9 Å². The monoisotopic (exact) mass is 288 g/mol. The highest BCUT2D eigenvalue weighted by Crippen LogP contribution is 2.41. The van der Waals surface area contributed by atoms with E-state index in [0.717, 1.165) is 18.4 Å². The lowest BCUT2D eigenvalue weighted by Crippen LogP contribution is -2.40. The van der Waals surface area contributed by atoms with Gasteiger partial charge < -0.3 is 11.1 Å². The largest absolute Gasteiger partial charge is 0.348 e. The Hall–Kier alpha value is -0.770. The van der Waals surface area contributed by atoms with E-state index in [-0.39, 0.29) is 24.4 Å². The number of benzene rings is 1. The van der Waals surface area contributed by atoms with Crippen molar-refractivity contribution in [1.29, 1.82) is 0 Å². The molecule has 2 atom stereocenters. The molecule has 1 fully saturated rings. The molecule has 0 heterocycles. The third kappa shape index (κ3) is 3.87. The highest BCUT2D eigenvalue weighted by Gasteiger charge is 2.33. The predicted molar refractivity (Wildman–Crippen MR) is 76.0 cm³/mol. The molecule has 1 aliphatic carbocycles.